The molecule has 0 unspecified atom stereocenters. The molecule has 0 fully saturated rings. The summed E-state index contributed by atoms with van der Waals surface area (Å²) in [6.07, 6.45) is 1.76. The number of pyridine rings is 1. The van der Waals surface area contributed by atoms with Gasteiger partial charge >= 0.3 is 0 Å². The molecule has 1 aromatic carbocycles. The van der Waals surface area contributed by atoms with E-state index in [0.29, 0.717) is 18.2 Å². The van der Waals surface area contributed by atoms with Crippen LogP contribution in [0.2, 0.25) is 5.02 Å². The summed E-state index contributed by atoms with van der Waals surface area (Å²) in [5, 5.41) is 11.2. The van der Waals surface area contributed by atoms with Crippen molar-refractivity contribution in [1.29, 1.82) is 0 Å². The highest BCUT2D eigenvalue weighted by atomic mass is 35.5. The molecule has 4 rings (SSSR count). The smallest absolute Gasteiger partial charge is 0.165 e. The van der Waals surface area contributed by atoms with Crippen molar-refractivity contribution in [1.82, 2.24) is 24.8 Å². The van der Waals surface area contributed by atoms with E-state index in [0.717, 1.165) is 47.4 Å². The first-order valence-corrected chi connectivity index (χ1v) is 9.66. The second-order valence-corrected chi connectivity index (χ2v) is 6.73. The van der Waals surface area contributed by atoms with Gasteiger partial charge in [0.25, 0.3) is 0 Å². The molecule has 0 spiro atoms. The predicted molar refractivity (Wildman–Crippen MR) is 108 cm³/mol. The van der Waals surface area contributed by atoms with Crippen LogP contribution in [0.15, 0.2) is 47.6 Å². The molecule has 28 heavy (non-hydrogen) atoms. The van der Waals surface area contributed by atoms with E-state index in [1.54, 1.807) is 6.20 Å². The third kappa shape index (κ3) is 3.56. The molecule has 0 atom stereocenters. The first-order chi connectivity index (χ1) is 13.7. The predicted octanol–water partition coefficient (Wildman–Crippen LogP) is 3.44. The second-order valence-electron chi connectivity index (χ2n) is 6.30. The van der Waals surface area contributed by atoms with Crippen molar-refractivity contribution in [2.45, 2.75) is 27.0 Å². The Morgan fingerprint density at radius 1 is 1.14 bits per heavy atom. The van der Waals surface area contributed by atoms with Crippen molar-refractivity contribution in [2.75, 3.05) is 13.1 Å². The van der Waals surface area contributed by atoms with Gasteiger partial charge in [-0.25, -0.2) is 0 Å². The molecule has 144 valence electrons. The number of aliphatic imine (C=N–C) groups is 1. The topological polar surface area (TPSA) is 68.4 Å². The van der Waals surface area contributed by atoms with Gasteiger partial charge < -0.3 is 0 Å². The van der Waals surface area contributed by atoms with E-state index in [9.17, 15) is 0 Å². The molecule has 1 aliphatic rings. The number of rotatable bonds is 6. The Bertz CT molecular complexity index is 997. The van der Waals surface area contributed by atoms with Crippen LogP contribution in [-0.2, 0) is 18.0 Å². The van der Waals surface area contributed by atoms with E-state index in [1.807, 2.05) is 46.0 Å². The molecule has 0 radical (unpaired) electrons. The van der Waals surface area contributed by atoms with Gasteiger partial charge in [-0.05, 0) is 30.3 Å². The normalized spacial score (nSPS) is 13.1. The highest BCUT2D eigenvalue weighted by molar-refractivity contribution is 6.31. The zero-order chi connectivity index (χ0) is 19.5. The summed E-state index contributed by atoms with van der Waals surface area (Å²) in [4.78, 5) is 15.1. The molecule has 1 aliphatic heterocycles. The monoisotopic (exact) mass is 396 g/mol. The first kappa shape index (κ1) is 18.7. The maximum atomic E-state index is 6.32. The molecule has 3 heterocycles. The Hall–Kier alpha value is -2.61. The number of hydroxylamine groups is 2. The maximum absolute atomic E-state index is 6.32. The van der Waals surface area contributed by atoms with Crippen LogP contribution in [0.5, 0.6) is 0 Å². The number of hydrogen-bond acceptors (Lipinski definition) is 6. The zero-order valence-corrected chi connectivity index (χ0v) is 16.6. The Morgan fingerprint density at radius 3 is 2.75 bits per heavy atom. The molecule has 8 heteroatoms. The Morgan fingerprint density at radius 2 is 2.00 bits per heavy atom. The third-order valence-electron chi connectivity index (χ3n) is 4.62. The Kier molecular flexibility index (Phi) is 5.47. The van der Waals surface area contributed by atoms with Crippen LogP contribution >= 0.6 is 11.6 Å². The van der Waals surface area contributed by atoms with Gasteiger partial charge in [0.05, 0.1) is 17.1 Å². The third-order valence-corrected chi connectivity index (χ3v) is 4.85. The van der Waals surface area contributed by atoms with Crippen LogP contribution < -0.4 is 0 Å². The van der Waals surface area contributed by atoms with Crippen LogP contribution in [0.1, 0.15) is 36.8 Å². The highest BCUT2D eigenvalue weighted by Crippen LogP contribution is 2.28. The molecular weight excluding hydrogens is 376 g/mol. The molecule has 2 aromatic heterocycles. The largest absolute Gasteiger partial charge is 0.291 e. The minimum absolute atomic E-state index is 0.329. The van der Waals surface area contributed by atoms with Gasteiger partial charge in [0.1, 0.15) is 13.2 Å². The van der Waals surface area contributed by atoms with Gasteiger partial charge in [-0.1, -0.05) is 31.5 Å². The molecule has 0 N–H and O–H groups in total. The fraction of sp³-hybridized carbons (Fsp3) is 0.300. The fourth-order valence-electron chi connectivity index (χ4n) is 3.23. The van der Waals surface area contributed by atoms with Crippen LogP contribution in [0, 0.1) is 0 Å². The van der Waals surface area contributed by atoms with Gasteiger partial charge in [-0.15, -0.1) is 10.2 Å². The lowest BCUT2D eigenvalue weighted by Crippen LogP contribution is -2.24. The number of fused-ring (bicyclic) bond motifs is 3. The zero-order valence-electron chi connectivity index (χ0n) is 15.8. The van der Waals surface area contributed by atoms with Crippen molar-refractivity contribution in [2.24, 2.45) is 4.99 Å². The van der Waals surface area contributed by atoms with E-state index < -0.39 is 0 Å². The SMILES string of the molecule is CCN(CC)OCc1nnc2n1-c1ccc(Cl)cc1C(c1ccccn1)=NC2. The van der Waals surface area contributed by atoms with Gasteiger partial charge in [-0.3, -0.25) is 19.4 Å². The van der Waals surface area contributed by atoms with Crippen LogP contribution in [0.3, 0.4) is 0 Å². The van der Waals surface area contributed by atoms with Crippen LogP contribution in [-0.4, -0.2) is 43.6 Å². The second kappa shape index (κ2) is 8.18. The van der Waals surface area contributed by atoms with Gasteiger partial charge in [0.2, 0.25) is 0 Å². The lowest BCUT2D eigenvalue weighted by atomic mass is 10.0. The first-order valence-electron chi connectivity index (χ1n) is 9.28. The van der Waals surface area contributed by atoms with Gasteiger partial charge in [0, 0.05) is 29.9 Å². The van der Waals surface area contributed by atoms with Crippen LogP contribution in [0.25, 0.3) is 5.69 Å². The number of nitrogens with zero attached hydrogens (tertiary/aromatic N) is 6. The number of benzene rings is 1. The summed E-state index contributed by atoms with van der Waals surface area (Å²) in [6.45, 7) is 6.44. The quantitative estimate of drug-likeness (QED) is 0.597. The Labute approximate surface area is 168 Å². The lowest BCUT2D eigenvalue weighted by molar-refractivity contribution is -0.165. The molecule has 0 aliphatic carbocycles. The highest BCUT2D eigenvalue weighted by Gasteiger charge is 2.24. The molecule has 7 nitrogen and oxygen atoms in total. The minimum Gasteiger partial charge on any atom is -0.291 e. The number of halogens is 1. The molecule has 0 bridgehead atoms. The van der Waals surface area contributed by atoms with Crippen LogP contribution in [0.4, 0.5) is 0 Å². The van der Waals surface area contributed by atoms with E-state index >= 15 is 0 Å². The maximum Gasteiger partial charge on any atom is 0.165 e. The van der Waals surface area contributed by atoms with Gasteiger partial charge in [-0.2, -0.15) is 5.06 Å². The van der Waals surface area contributed by atoms with E-state index in [1.165, 1.54) is 0 Å². The number of hydrogen-bond donors (Lipinski definition) is 0. The molecule has 3 aromatic rings. The summed E-state index contributed by atoms with van der Waals surface area (Å²) in [5.41, 5.74) is 3.41. The summed E-state index contributed by atoms with van der Waals surface area (Å²) in [6, 6.07) is 11.5. The summed E-state index contributed by atoms with van der Waals surface area (Å²) in [7, 11) is 0. The van der Waals surface area contributed by atoms with Crippen molar-refractivity contribution >= 4 is 17.3 Å². The van der Waals surface area contributed by atoms with Crippen molar-refractivity contribution in [3.05, 3.63) is 70.5 Å². The van der Waals surface area contributed by atoms with E-state index in [2.05, 4.69) is 29.0 Å². The van der Waals surface area contributed by atoms with Crippen molar-refractivity contribution in [3.63, 3.8) is 0 Å². The van der Waals surface area contributed by atoms with E-state index in [4.69, 9.17) is 21.4 Å². The average Bonchev–Trinajstić information content (AvgIpc) is 3.05. The van der Waals surface area contributed by atoms with Crippen molar-refractivity contribution in [3.8, 4) is 5.69 Å². The van der Waals surface area contributed by atoms with Gasteiger partial charge in [0.15, 0.2) is 11.6 Å². The molecule has 0 saturated heterocycles. The van der Waals surface area contributed by atoms with Crippen molar-refractivity contribution < 1.29 is 4.84 Å². The number of aromatic nitrogens is 4. The molecule has 0 amide bonds. The Balaban J connectivity index is 1.79. The standard InChI is InChI=1S/C20H21ClN6O/c1-3-26(4-2)28-13-19-25-24-18-12-23-20(16-7-5-6-10-22-16)15-11-14(21)8-9-17(15)27(18)19/h5-11H,3-4,12-13H2,1-2H3. The molecule has 0 saturated carbocycles. The molecular formula is C20H21ClN6O. The van der Waals surface area contributed by atoms with E-state index in [-0.39, 0.29) is 0 Å². The lowest BCUT2D eigenvalue weighted by Gasteiger charge is -2.18. The summed E-state index contributed by atoms with van der Waals surface area (Å²) < 4.78 is 2.01. The fourth-order valence-corrected chi connectivity index (χ4v) is 3.40. The summed E-state index contributed by atoms with van der Waals surface area (Å²) in [5.74, 6) is 1.48. The average molecular weight is 397 g/mol. The minimum atomic E-state index is 0.329. The summed E-state index contributed by atoms with van der Waals surface area (Å²) >= 11 is 6.32.